The van der Waals surface area contributed by atoms with Crippen molar-refractivity contribution in [3.8, 4) is 0 Å². The molecule has 4 rings (SSSR count). The number of fused-ring (bicyclic) bond motifs is 1. The van der Waals surface area contributed by atoms with Gasteiger partial charge in [-0.15, -0.1) is 11.3 Å². The summed E-state index contributed by atoms with van der Waals surface area (Å²) in [6, 6.07) is 9.62. The number of ether oxygens (including phenoxy) is 1. The van der Waals surface area contributed by atoms with E-state index >= 15 is 0 Å². The molecule has 7 nitrogen and oxygen atoms in total. The highest BCUT2D eigenvalue weighted by molar-refractivity contribution is 7.91. The highest BCUT2D eigenvalue weighted by Gasteiger charge is 2.34. The Hall–Kier alpha value is -2.37. The van der Waals surface area contributed by atoms with Crippen molar-refractivity contribution in [3.63, 3.8) is 0 Å². The lowest BCUT2D eigenvalue weighted by Crippen LogP contribution is -2.42. The van der Waals surface area contributed by atoms with E-state index in [-0.39, 0.29) is 22.1 Å². The van der Waals surface area contributed by atoms with Gasteiger partial charge in [0.1, 0.15) is 10.8 Å². The van der Waals surface area contributed by atoms with Crippen LogP contribution >= 0.6 is 11.3 Å². The average molecular weight is 456 g/mol. The third-order valence-electron chi connectivity index (χ3n) is 5.01. The number of hydrogen-bond donors (Lipinski definition) is 0. The summed E-state index contributed by atoms with van der Waals surface area (Å²) in [4.78, 5) is 16.7. The first-order chi connectivity index (χ1) is 14.4. The number of imidazole rings is 1. The zero-order valence-electron chi connectivity index (χ0n) is 15.8. The normalized spacial score (nSPS) is 18.2. The lowest BCUT2D eigenvalue weighted by Gasteiger charge is -2.30. The van der Waals surface area contributed by atoms with Crippen LogP contribution in [0.3, 0.4) is 0 Å². The Morgan fingerprint density at radius 2 is 2.07 bits per heavy atom. The molecule has 0 saturated carbocycles. The second kappa shape index (κ2) is 8.40. The van der Waals surface area contributed by atoms with Crippen LogP contribution in [0.1, 0.15) is 25.2 Å². The van der Waals surface area contributed by atoms with Crippen molar-refractivity contribution in [1.82, 2.24) is 13.9 Å². The maximum absolute atomic E-state index is 13.5. The molecule has 1 aliphatic rings. The summed E-state index contributed by atoms with van der Waals surface area (Å²) in [5.41, 5.74) is 0.638. The van der Waals surface area contributed by atoms with E-state index in [1.54, 1.807) is 29.6 Å². The van der Waals surface area contributed by atoms with E-state index in [0.717, 1.165) is 15.9 Å². The van der Waals surface area contributed by atoms with Crippen molar-refractivity contribution in [2.75, 3.05) is 13.1 Å². The topological polar surface area (TPSA) is 81.5 Å². The minimum atomic E-state index is -3.66. The smallest absolute Gasteiger partial charge is 0.320 e. The van der Waals surface area contributed by atoms with Crippen LogP contribution in [0, 0.1) is 5.92 Å². The zero-order valence-corrected chi connectivity index (χ0v) is 17.4. The van der Waals surface area contributed by atoms with Crippen LogP contribution < -0.4 is 0 Å². The summed E-state index contributed by atoms with van der Waals surface area (Å²) in [6.07, 6.45) is 0.987. The lowest BCUT2D eigenvalue weighted by atomic mass is 10.0. The highest BCUT2D eigenvalue weighted by atomic mass is 32.2. The number of halogens is 2. The van der Waals surface area contributed by atoms with Crippen LogP contribution in [0.4, 0.5) is 8.78 Å². The highest BCUT2D eigenvalue weighted by Crippen LogP contribution is 2.28. The van der Waals surface area contributed by atoms with E-state index in [0.29, 0.717) is 24.9 Å². The van der Waals surface area contributed by atoms with Gasteiger partial charge < -0.3 is 4.74 Å². The maximum atomic E-state index is 13.5. The molecule has 3 heterocycles. The van der Waals surface area contributed by atoms with Gasteiger partial charge in [0.15, 0.2) is 5.82 Å². The number of nitrogens with zero attached hydrogens (tertiary/aromatic N) is 3. The second-order valence-corrected chi connectivity index (χ2v) is 10.0. The fraction of sp³-hybridized carbons (Fsp3) is 0.368. The van der Waals surface area contributed by atoms with E-state index < -0.39 is 35.1 Å². The third kappa shape index (κ3) is 3.96. The molecule has 1 unspecified atom stereocenters. The number of aromatic nitrogens is 2. The molecule has 1 saturated heterocycles. The zero-order chi connectivity index (χ0) is 21.3. The van der Waals surface area contributed by atoms with Crippen LogP contribution in [0.2, 0.25) is 0 Å². The number of carbonyl (C=O) groups excluding carboxylic acids is 1. The van der Waals surface area contributed by atoms with Crippen molar-refractivity contribution in [1.29, 1.82) is 0 Å². The molecule has 0 radical (unpaired) electrons. The Bertz CT molecular complexity index is 1150. The number of hydrogen-bond acceptors (Lipinski definition) is 6. The molecule has 1 aromatic carbocycles. The Morgan fingerprint density at radius 3 is 2.80 bits per heavy atom. The van der Waals surface area contributed by atoms with E-state index in [2.05, 4.69) is 4.98 Å². The van der Waals surface area contributed by atoms with Crippen molar-refractivity contribution < 1.29 is 26.7 Å². The largest absolute Gasteiger partial charge is 0.457 e. The number of carbonyl (C=O) groups is 1. The number of sulfonamides is 1. The van der Waals surface area contributed by atoms with Crippen molar-refractivity contribution in [3.05, 3.63) is 47.6 Å². The number of thiophene rings is 1. The molecule has 30 heavy (non-hydrogen) atoms. The second-order valence-electron chi connectivity index (χ2n) is 6.91. The molecule has 0 amide bonds. The minimum Gasteiger partial charge on any atom is -0.457 e. The van der Waals surface area contributed by atoms with Gasteiger partial charge in [0.2, 0.25) is 0 Å². The van der Waals surface area contributed by atoms with E-state index in [4.69, 9.17) is 4.74 Å². The van der Waals surface area contributed by atoms with Gasteiger partial charge in [0.05, 0.1) is 17.0 Å². The van der Waals surface area contributed by atoms with E-state index in [9.17, 15) is 22.0 Å². The summed E-state index contributed by atoms with van der Waals surface area (Å²) in [5.74, 6) is -1.33. The molecular formula is C19H19F2N3O4S2. The summed E-state index contributed by atoms with van der Waals surface area (Å²) in [6.45, 7) is -2.91. The predicted octanol–water partition coefficient (Wildman–Crippen LogP) is 3.64. The van der Waals surface area contributed by atoms with Gasteiger partial charge in [-0.3, -0.25) is 9.36 Å². The Balaban J connectivity index is 1.46. The average Bonchev–Trinajstić information content (AvgIpc) is 3.40. The fourth-order valence-electron chi connectivity index (χ4n) is 3.56. The van der Waals surface area contributed by atoms with Crippen LogP contribution in [0.5, 0.6) is 0 Å². The first-order valence-corrected chi connectivity index (χ1v) is 11.6. The van der Waals surface area contributed by atoms with Crippen LogP contribution in [-0.2, 0) is 26.2 Å². The molecule has 0 bridgehead atoms. The number of alkyl halides is 2. The van der Waals surface area contributed by atoms with Gasteiger partial charge in [-0.2, -0.15) is 13.1 Å². The Morgan fingerprint density at radius 1 is 1.27 bits per heavy atom. The monoisotopic (exact) mass is 455 g/mol. The van der Waals surface area contributed by atoms with Gasteiger partial charge in [-0.1, -0.05) is 18.2 Å². The first-order valence-electron chi connectivity index (χ1n) is 9.32. The van der Waals surface area contributed by atoms with Crippen molar-refractivity contribution in [2.45, 2.75) is 30.2 Å². The molecule has 2 aromatic heterocycles. The molecular weight excluding hydrogens is 436 g/mol. The Labute approximate surface area is 175 Å². The molecule has 11 heteroatoms. The first kappa shape index (κ1) is 20.9. The summed E-state index contributed by atoms with van der Waals surface area (Å²) < 4.78 is 59.9. The molecule has 0 spiro atoms. The Kier molecular flexibility index (Phi) is 5.85. The van der Waals surface area contributed by atoms with Gasteiger partial charge >= 0.3 is 12.5 Å². The van der Waals surface area contributed by atoms with E-state index in [1.165, 1.54) is 16.4 Å². The molecule has 0 aliphatic carbocycles. The summed E-state index contributed by atoms with van der Waals surface area (Å²) >= 11 is 1.12. The van der Waals surface area contributed by atoms with Crippen LogP contribution in [0.15, 0.2) is 46.0 Å². The van der Waals surface area contributed by atoms with E-state index in [1.807, 2.05) is 0 Å². The molecule has 160 valence electrons. The van der Waals surface area contributed by atoms with Crippen LogP contribution in [-0.4, -0.2) is 41.3 Å². The number of esters is 1. The van der Waals surface area contributed by atoms with Crippen LogP contribution in [0.25, 0.3) is 11.0 Å². The third-order valence-corrected chi connectivity index (χ3v) is 8.25. The van der Waals surface area contributed by atoms with Gasteiger partial charge in [0.25, 0.3) is 10.0 Å². The van der Waals surface area contributed by atoms with Crippen molar-refractivity contribution >= 4 is 38.4 Å². The molecule has 3 aromatic rings. The molecule has 1 atom stereocenters. The van der Waals surface area contributed by atoms with Gasteiger partial charge in [-0.25, -0.2) is 13.4 Å². The number of benzene rings is 1. The maximum Gasteiger partial charge on any atom is 0.320 e. The van der Waals surface area contributed by atoms with Gasteiger partial charge in [-0.05, 0) is 36.4 Å². The molecule has 1 aliphatic heterocycles. The number of piperidine rings is 1. The standard InChI is InChI=1S/C19H19F2N3O4S2/c20-19(21)24-15-7-2-1-6-14(15)22-16(24)12-28-18(25)13-5-3-9-23(11-13)30(26,27)17-8-4-10-29-17/h1-2,4,6-8,10,13,19H,3,5,9,11-12H2. The van der Waals surface area contributed by atoms with Crippen molar-refractivity contribution in [2.24, 2.45) is 5.92 Å². The number of rotatable bonds is 6. The minimum absolute atomic E-state index is 0.00430. The number of para-hydroxylation sites is 2. The lowest BCUT2D eigenvalue weighted by molar-refractivity contribution is -0.151. The fourth-order valence-corrected chi connectivity index (χ4v) is 6.23. The summed E-state index contributed by atoms with van der Waals surface area (Å²) in [5, 5.41) is 1.68. The SMILES string of the molecule is O=C(OCc1nc2ccccc2n1C(F)F)C1CCCN(S(=O)(=O)c2cccs2)C1. The molecule has 0 N–H and O–H groups in total. The predicted molar refractivity (Wildman–Crippen MR) is 107 cm³/mol. The quantitative estimate of drug-likeness (QED) is 0.530. The molecule has 1 fully saturated rings. The van der Waals surface area contributed by atoms with Gasteiger partial charge in [0, 0.05) is 13.1 Å². The summed E-state index contributed by atoms with van der Waals surface area (Å²) in [7, 11) is -3.66.